The van der Waals surface area contributed by atoms with Crippen LogP contribution in [-0.2, 0) is 13.0 Å². The predicted molar refractivity (Wildman–Crippen MR) is 103 cm³/mol. The van der Waals surface area contributed by atoms with Gasteiger partial charge in [-0.2, -0.15) is 0 Å². The largest absolute Gasteiger partial charge is 0.369 e. The lowest BCUT2D eigenvalue weighted by atomic mass is 10.1. The zero-order chi connectivity index (χ0) is 16.6. The first kappa shape index (κ1) is 17.0. The van der Waals surface area contributed by atoms with E-state index in [0.29, 0.717) is 0 Å². The number of likely N-dealkylation sites (N-methyl/N-ethyl adjacent to an activating group) is 1. The number of hydrogen-bond acceptors (Lipinski definition) is 3. The average Bonchev–Trinajstić information content (AvgIpc) is 2.64. The maximum atomic E-state index is 3.56. The van der Waals surface area contributed by atoms with Gasteiger partial charge in [0.15, 0.2) is 0 Å². The summed E-state index contributed by atoms with van der Waals surface area (Å²) in [6, 6.07) is 19.8. The summed E-state index contributed by atoms with van der Waals surface area (Å²) in [7, 11) is 2.20. The third kappa shape index (κ3) is 5.08. The number of piperazine rings is 1. The first-order valence-electron chi connectivity index (χ1n) is 9.08. The van der Waals surface area contributed by atoms with E-state index in [2.05, 4.69) is 76.8 Å². The van der Waals surface area contributed by atoms with Crippen molar-refractivity contribution in [3.8, 4) is 0 Å². The van der Waals surface area contributed by atoms with Crippen LogP contribution in [0.2, 0.25) is 0 Å². The first-order valence-corrected chi connectivity index (χ1v) is 9.08. The summed E-state index contributed by atoms with van der Waals surface area (Å²) in [5, 5.41) is 3.56. The Labute approximate surface area is 146 Å². The second-order valence-corrected chi connectivity index (χ2v) is 6.72. The summed E-state index contributed by atoms with van der Waals surface area (Å²) >= 11 is 0. The van der Waals surface area contributed by atoms with Gasteiger partial charge in [-0.25, -0.2) is 0 Å². The molecule has 0 aromatic heterocycles. The first-order chi connectivity index (χ1) is 11.8. The van der Waals surface area contributed by atoms with Crippen molar-refractivity contribution in [3.05, 3.63) is 65.7 Å². The van der Waals surface area contributed by atoms with Crippen molar-refractivity contribution >= 4 is 5.69 Å². The second-order valence-electron chi connectivity index (χ2n) is 6.72. The summed E-state index contributed by atoms with van der Waals surface area (Å²) in [6.07, 6.45) is 2.33. The topological polar surface area (TPSA) is 18.5 Å². The van der Waals surface area contributed by atoms with Crippen molar-refractivity contribution in [2.45, 2.75) is 19.4 Å². The number of benzene rings is 2. The van der Waals surface area contributed by atoms with Crippen LogP contribution in [0.4, 0.5) is 5.69 Å². The number of hydrogen-bond donors (Lipinski definition) is 1. The zero-order valence-electron chi connectivity index (χ0n) is 14.7. The molecule has 0 aliphatic carbocycles. The Bertz CT molecular complexity index is 586. The van der Waals surface area contributed by atoms with Crippen LogP contribution in [-0.4, -0.2) is 44.7 Å². The monoisotopic (exact) mass is 323 g/mol. The highest BCUT2D eigenvalue weighted by atomic mass is 15.2. The smallest absolute Gasteiger partial charge is 0.0367 e. The summed E-state index contributed by atoms with van der Waals surface area (Å²) in [6.45, 7) is 6.60. The molecule has 128 valence electrons. The highest BCUT2D eigenvalue weighted by Crippen LogP contribution is 2.17. The minimum absolute atomic E-state index is 0.956. The molecular formula is C21H29N3. The van der Waals surface area contributed by atoms with Crippen molar-refractivity contribution in [3.63, 3.8) is 0 Å². The van der Waals surface area contributed by atoms with Gasteiger partial charge in [0.05, 0.1) is 0 Å². The van der Waals surface area contributed by atoms with Gasteiger partial charge in [-0.05, 0) is 49.7 Å². The second kappa shape index (κ2) is 8.86. The van der Waals surface area contributed by atoms with Crippen molar-refractivity contribution in [2.75, 3.05) is 44.7 Å². The molecule has 0 radical (unpaired) electrons. The molecule has 3 nitrogen and oxygen atoms in total. The molecule has 0 atom stereocenters. The molecule has 1 saturated heterocycles. The summed E-state index contributed by atoms with van der Waals surface area (Å²) in [5.41, 5.74) is 4.15. The molecule has 0 saturated carbocycles. The molecule has 3 rings (SSSR count). The molecule has 1 fully saturated rings. The molecule has 0 amide bonds. The number of nitrogens with one attached hydrogen (secondary N) is 1. The predicted octanol–water partition coefficient (Wildman–Crippen LogP) is 3.16. The van der Waals surface area contributed by atoms with Crippen LogP contribution in [0.1, 0.15) is 17.5 Å². The van der Waals surface area contributed by atoms with Crippen LogP contribution in [0.5, 0.6) is 0 Å². The van der Waals surface area contributed by atoms with Crippen LogP contribution in [0.3, 0.4) is 0 Å². The molecular weight excluding hydrogens is 294 g/mol. The molecule has 0 unspecified atom stereocenters. The third-order valence-corrected chi connectivity index (χ3v) is 4.80. The highest BCUT2D eigenvalue weighted by molar-refractivity contribution is 5.48. The van der Waals surface area contributed by atoms with Crippen LogP contribution < -0.4 is 10.2 Å². The standard InChI is InChI=1S/C21H29N3/c1-23-14-16-24(17-15-23)21-11-9-20(10-12-21)18-22-13-5-8-19-6-3-2-4-7-19/h2-4,6-7,9-12,22H,5,8,13-18H2,1H3. The quantitative estimate of drug-likeness (QED) is 0.790. The molecule has 1 aliphatic rings. The van der Waals surface area contributed by atoms with E-state index in [0.717, 1.165) is 45.7 Å². The fraction of sp³-hybridized carbons (Fsp3) is 0.429. The summed E-state index contributed by atoms with van der Waals surface area (Å²) in [4.78, 5) is 4.88. The molecule has 2 aromatic carbocycles. The van der Waals surface area contributed by atoms with Crippen LogP contribution in [0.25, 0.3) is 0 Å². The fourth-order valence-corrected chi connectivity index (χ4v) is 3.18. The van der Waals surface area contributed by atoms with Gasteiger partial charge in [-0.3, -0.25) is 0 Å². The Hall–Kier alpha value is -1.84. The van der Waals surface area contributed by atoms with Gasteiger partial charge in [0, 0.05) is 38.4 Å². The molecule has 0 spiro atoms. The van der Waals surface area contributed by atoms with Crippen LogP contribution >= 0.6 is 0 Å². The van der Waals surface area contributed by atoms with Gasteiger partial charge in [0.2, 0.25) is 0 Å². The van der Waals surface area contributed by atoms with Gasteiger partial charge < -0.3 is 15.1 Å². The highest BCUT2D eigenvalue weighted by Gasteiger charge is 2.13. The summed E-state index contributed by atoms with van der Waals surface area (Å²) in [5.74, 6) is 0. The van der Waals surface area contributed by atoms with Gasteiger partial charge in [0.25, 0.3) is 0 Å². The lowest BCUT2D eigenvalue weighted by Crippen LogP contribution is -2.44. The molecule has 1 heterocycles. The molecule has 1 N–H and O–H groups in total. The van der Waals surface area contributed by atoms with Crippen molar-refractivity contribution in [2.24, 2.45) is 0 Å². The summed E-state index contributed by atoms with van der Waals surface area (Å²) < 4.78 is 0. The van der Waals surface area contributed by atoms with E-state index in [1.807, 2.05) is 0 Å². The van der Waals surface area contributed by atoms with Crippen molar-refractivity contribution < 1.29 is 0 Å². The van der Waals surface area contributed by atoms with E-state index in [4.69, 9.17) is 0 Å². The van der Waals surface area contributed by atoms with Gasteiger partial charge >= 0.3 is 0 Å². The molecule has 24 heavy (non-hydrogen) atoms. The Kier molecular flexibility index (Phi) is 6.27. The molecule has 3 heteroatoms. The molecule has 1 aliphatic heterocycles. The lowest BCUT2D eigenvalue weighted by Gasteiger charge is -2.34. The van der Waals surface area contributed by atoms with Gasteiger partial charge in [-0.15, -0.1) is 0 Å². The van der Waals surface area contributed by atoms with E-state index in [-0.39, 0.29) is 0 Å². The number of rotatable bonds is 7. The van der Waals surface area contributed by atoms with E-state index < -0.39 is 0 Å². The zero-order valence-corrected chi connectivity index (χ0v) is 14.7. The maximum Gasteiger partial charge on any atom is 0.0367 e. The van der Waals surface area contributed by atoms with Gasteiger partial charge in [0.1, 0.15) is 0 Å². The Morgan fingerprint density at radius 1 is 0.833 bits per heavy atom. The maximum absolute atomic E-state index is 3.56. The van der Waals surface area contributed by atoms with E-state index in [1.165, 1.54) is 23.2 Å². The van der Waals surface area contributed by atoms with E-state index >= 15 is 0 Å². The Morgan fingerprint density at radius 2 is 1.54 bits per heavy atom. The Morgan fingerprint density at radius 3 is 2.25 bits per heavy atom. The minimum atomic E-state index is 0.956. The number of anilines is 1. The lowest BCUT2D eigenvalue weighted by molar-refractivity contribution is 0.313. The SMILES string of the molecule is CN1CCN(c2ccc(CNCCCc3ccccc3)cc2)CC1. The number of nitrogens with zero attached hydrogens (tertiary/aromatic N) is 2. The average molecular weight is 323 g/mol. The van der Waals surface area contributed by atoms with E-state index in [1.54, 1.807) is 0 Å². The van der Waals surface area contributed by atoms with Crippen LogP contribution in [0.15, 0.2) is 54.6 Å². The molecule has 0 bridgehead atoms. The number of aryl methyl sites for hydroxylation is 1. The van der Waals surface area contributed by atoms with Crippen LogP contribution in [0, 0.1) is 0 Å². The fourth-order valence-electron chi connectivity index (χ4n) is 3.18. The minimum Gasteiger partial charge on any atom is -0.369 e. The Balaban J connectivity index is 1.37. The van der Waals surface area contributed by atoms with E-state index in [9.17, 15) is 0 Å². The third-order valence-electron chi connectivity index (χ3n) is 4.80. The van der Waals surface area contributed by atoms with Crippen molar-refractivity contribution in [1.29, 1.82) is 0 Å². The normalized spacial score (nSPS) is 15.6. The van der Waals surface area contributed by atoms with Gasteiger partial charge in [-0.1, -0.05) is 42.5 Å². The van der Waals surface area contributed by atoms with Crippen molar-refractivity contribution in [1.82, 2.24) is 10.2 Å². The molecule has 2 aromatic rings.